The Bertz CT molecular complexity index is 709. The van der Waals surface area contributed by atoms with Gasteiger partial charge in [0.15, 0.2) is 0 Å². The van der Waals surface area contributed by atoms with Gasteiger partial charge in [0.2, 0.25) is 5.91 Å². The van der Waals surface area contributed by atoms with Gasteiger partial charge in [-0.05, 0) is 66.8 Å². The normalized spacial score (nSPS) is 10.8. The molecule has 0 saturated heterocycles. The molecular formula is C20H23NO2. The Balaban J connectivity index is 2.16. The van der Waals surface area contributed by atoms with Crippen LogP contribution in [0.3, 0.4) is 0 Å². The van der Waals surface area contributed by atoms with Gasteiger partial charge in [0.1, 0.15) is 5.75 Å². The molecule has 1 amide bonds. The van der Waals surface area contributed by atoms with Gasteiger partial charge >= 0.3 is 0 Å². The average molecular weight is 309 g/mol. The quantitative estimate of drug-likeness (QED) is 0.824. The number of carbonyl (C=O) groups is 1. The molecule has 0 saturated carbocycles. The Kier molecular flexibility index (Phi) is 5.58. The lowest BCUT2D eigenvalue weighted by molar-refractivity contribution is -0.111. The summed E-state index contributed by atoms with van der Waals surface area (Å²) in [6, 6.07) is 11.8. The van der Waals surface area contributed by atoms with Crippen LogP contribution in [-0.2, 0) is 11.2 Å². The second-order valence-corrected chi connectivity index (χ2v) is 5.51. The Morgan fingerprint density at radius 3 is 2.43 bits per heavy atom. The van der Waals surface area contributed by atoms with Crippen LogP contribution in [0.15, 0.2) is 42.5 Å². The lowest BCUT2D eigenvalue weighted by Crippen LogP contribution is -2.09. The number of hydrogen-bond acceptors (Lipinski definition) is 2. The fourth-order valence-electron chi connectivity index (χ4n) is 2.60. The molecule has 0 heterocycles. The van der Waals surface area contributed by atoms with Gasteiger partial charge in [0.25, 0.3) is 0 Å². The molecule has 0 bridgehead atoms. The third kappa shape index (κ3) is 4.22. The van der Waals surface area contributed by atoms with E-state index in [0.29, 0.717) is 0 Å². The van der Waals surface area contributed by atoms with E-state index in [-0.39, 0.29) is 5.91 Å². The molecule has 2 aromatic carbocycles. The van der Waals surface area contributed by atoms with E-state index in [1.54, 1.807) is 13.2 Å². The highest BCUT2D eigenvalue weighted by Crippen LogP contribution is 2.23. The number of anilines is 1. The van der Waals surface area contributed by atoms with E-state index in [0.717, 1.165) is 40.1 Å². The molecule has 0 aromatic heterocycles. The van der Waals surface area contributed by atoms with Gasteiger partial charge in [0, 0.05) is 11.8 Å². The van der Waals surface area contributed by atoms with E-state index in [1.165, 1.54) is 0 Å². The molecule has 2 rings (SSSR count). The van der Waals surface area contributed by atoms with Crippen molar-refractivity contribution in [1.29, 1.82) is 0 Å². The number of hydrogen-bond donors (Lipinski definition) is 1. The number of rotatable bonds is 5. The number of ether oxygens (including phenoxy) is 1. The SMILES string of the molecule is CCc1ccccc1NC(=O)/C=C/c1c(C)cc(OC)cc1C. The van der Waals surface area contributed by atoms with E-state index in [2.05, 4.69) is 12.2 Å². The van der Waals surface area contributed by atoms with Crippen molar-refractivity contribution in [3.05, 3.63) is 64.7 Å². The Hall–Kier alpha value is -2.55. The zero-order chi connectivity index (χ0) is 16.8. The summed E-state index contributed by atoms with van der Waals surface area (Å²) in [6.07, 6.45) is 4.32. The topological polar surface area (TPSA) is 38.3 Å². The number of nitrogens with one attached hydrogen (secondary N) is 1. The summed E-state index contributed by atoms with van der Waals surface area (Å²) in [6.45, 7) is 6.10. The molecule has 0 radical (unpaired) electrons. The van der Waals surface area contributed by atoms with Crippen LogP contribution in [0.4, 0.5) is 5.69 Å². The minimum atomic E-state index is -0.125. The molecule has 0 atom stereocenters. The Morgan fingerprint density at radius 1 is 1.17 bits per heavy atom. The lowest BCUT2D eigenvalue weighted by Gasteiger charge is -2.09. The predicted octanol–water partition coefficient (Wildman–Crippen LogP) is 4.53. The molecule has 0 fully saturated rings. The third-order valence-corrected chi connectivity index (χ3v) is 3.86. The molecule has 3 heteroatoms. The van der Waals surface area contributed by atoms with E-state index in [9.17, 15) is 4.79 Å². The summed E-state index contributed by atoms with van der Waals surface area (Å²) in [5, 5.41) is 2.94. The zero-order valence-corrected chi connectivity index (χ0v) is 14.1. The molecule has 0 aliphatic carbocycles. The predicted molar refractivity (Wildman–Crippen MR) is 96.0 cm³/mol. The molecule has 3 nitrogen and oxygen atoms in total. The smallest absolute Gasteiger partial charge is 0.248 e. The van der Waals surface area contributed by atoms with Crippen LogP contribution >= 0.6 is 0 Å². The highest BCUT2D eigenvalue weighted by molar-refractivity contribution is 6.02. The maximum atomic E-state index is 12.2. The first-order chi connectivity index (χ1) is 11.0. The van der Waals surface area contributed by atoms with Crippen LogP contribution in [0.2, 0.25) is 0 Å². The molecule has 2 aromatic rings. The maximum absolute atomic E-state index is 12.2. The number of para-hydroxylation sites is 1. The summed E-state index contributed by atoms with van der Waals surface area (Å²) in [5.74, 6) is 0.707. The molecular weight excluding hydrogens is 286 g/mol. The van der Waals surface area contributed by atoms with Crippen LogP contribution in [0.5, 0.6) is 5.75 Å². The van der Waals surface area contributed by atoms with E-state index < -0.39 is 0 Å². The van der Waals surface area contributed by atoms with Crippen LogP contribution in [-0.4, -0.2) is 13.0 Å². The maximum Gasteiger partial charge on any atom is 0.248 e. The largest absolute Gasteiger partial charge is 0.497 e. The van der Waals surface area contributed by atoms with Crippen LogP contribution in [0, 0.1) is 13.8 Å². The molecule has 0 unspecified atom stereocenters. The zero-order valence-electron chi connectivity index (χ0n) is 14.1. The summed E-state index contributed by atoms with van der Waals surface area (Å²) >= 11 is 0. The first kappa shape index (κ1) is 16.8. The fourth-order valence-corrected chi connectivity index (χ4v) is 2.60. The minimum absolute atomic E-state index is 0.125. The summed E-state index contributed by atoms with van der Waals surface area (Å²) in [7, 11) is 1.66. The molecule has 120 valence electrons. The summed E-state index contributed by atoms with van der Waals surface area (Å²) in [5.41, 5.74) is 5.21. The van der Waals surface area contributed by atoms with Crippen molar-refractivity contribution in [3.8, 4) is 5.75 Å². The Labute approximate surface area is 138 Å². The number of benzene rings is 2. The first-order valence-corrected chi connectivity index (χ1v) is 7.77. The monoisotopic (exact) mass is 309 g/mol. The van der Waals surface area contributed by atoms with Gasteiger partial charge in [-0.1, -0.05) is 25.1 Å². The number of carbonyl (C=O) groups excluding carboxylic acids is 1. The number of amides is 1. The van der Waals surface area contributed by atoms with Crippen molar-refractivity contribution in [2.45, 2.75) is 27.2 Å². The van der Waals surface area contributed by atoms with Crippen LogP contribution in [0.1, 0.15) is 29.2 Å². The van der Waals surface area contributed by atoms with E-state index in [1.807, 2.05) is 56.3 Å². The van der Waals surface area contributed by atoms with Crippen molar-refractivity contribution in [3.63, 3.8) is 0 Å². The van der Waals surface area contributed by atoms with Crippen LogP contribution in [0.25, 0.3) is 6.08 Å². The van der Waals surface area contributed by atoms with Crippen molar-refractivity contribution in [2.24, 2.45) is 0 Å². The number of methoxy groups -OCH3 is 1. The van der Waals surface area contributed by atoms with Gasteiger partial charge in [-0.25, -0.2) is 0 Å². The van der Waals surface area contributed by atoms with Gasteiger partial charge < -0.3 is 10.1 Å². The van der Waals surface area contributed by atoms with Gasteiger partial charge in [-0.15, -0.1) is 0 Å². The van der Waals surface area contributed by atoms with Crippen molar-refractivity contribution < 1.29 is 9.53 Å². The second-order valence-electron chi connectivity index (χ2n) is 5.51. The van der Waals surface area contributed by atoms with E-state index in [4.69, 9.17) is 4.74 Å². The fraction of sp³-hybridized carbons (Fsp3) is 0.250. The molecule has 23 heavy (non-hydrogen) atoms. The summed E-state index contributed by atoms with van der Waals surface area (Å²) in [4.78, 5) is 12.2. The standard InChI is InChI=1S/C20H23NO2/c1-5-16-8-6-7-9-19(16)21-20(22)11-10-18-14(2)12-17(23-4)13-15(18)3/h6-13H,5H2,1-4H3,(H,21,22)/b11-10+. The average Bonchev–Trinajstić information content (AvgIpc) is 2.54. The first-order valence-electron chi connectivity index (χ1n) is 7.77. The summed E-state index contributed by atoms with van der Waals surface area (Å²) < 4.78 is 5.26. The third-order valence-electron chi connectivity index (χ3n) is 3.86. The highest BCUT2D eigenvalue weighted by atomic mass is 16.5. The molecule has 0 aliphatic rings. The van der Waals surface area contributed by atoms with Crippen molar-refractivity contribution >= 4 is 17.7 Å². The van der Waals surface area contributed by atoms with Gasteiger partial charge in [-0.3, -0.25) is 4.79 Å². The molecule has 1 N–H and O–H groups in total. The molecule has 0 spiro atoms. The van der Waals surface area contributed by atoms with Crippen molar-refractivity contribution in [2.75, 3.05) is 12.4 Å². The van der Waals surface area contributed by atoms with Crippen molar-refractivity contribution in [1.82, 2.24) is 0 Å². The Morgan fingerprint density at radius 2 is 1.83 bits per heavy atom. The molecule has 0 aliphatic heterocycles. The van der Waals surface area contributed by atoms with Gasteiger partial charge in [0.05, 0.1) is 7.11 Å². The van der Waals surface area contributed by atoms with Gasteiger partial charge in [-0.2, -0.15) is 0 Å². The lowest BCUT2D eigenvalue weighted by atomic mass is 10.0. The van der Waals surface area contributed by atoms with Crippen LogP contribution < -0.4 is 10.1 Å². The van der Waals surface area contributed by atoms with E-state index >= 15 is 0 Å². The minimum Gasteiger partial charge on any atom is -0.497 e. The second kappa shape index (κ2) is 7.63. The number of aryl methyl sites for hydroxylation is 3. The highest BCUT2D eigenvalue weighted by Gasteiger charge is 2.05.